The van der Waals surface area contributed by atoms with Gasteiger partial charge in [-0.25, -0.2) is 10.1 Å². The van der Waals surface area contributed by atoms with Gasteiger partial charge in [0.1, 0.15) is 0 Å². The lowest BCUT2D eigenvalue weighted by atomic mass is 10.2. The molecule has 0 unspecified atom stereocenters. The lowest BCUT2D eigenvalue weighted by Crippen LogP contribution is -2.11. The van der Waals surface area contributed by atoms with Gasteiger partial charge in [-0.3, -0.25) is 4.55 Å². The lowest BCUT2D eigenvalue weighted by molar-refractivity contribution is -0.432. The van der Waals surface area contributed by atoms with Gasteiger partial charge in [-0.05, 0) is 42.8 Å². The largest absolute Gasteiger partial charge is 0.478 e. The SMILES string of the molecule is CCCNc1nc(Nc2cccc(S(=O)(=O)O)c2)nc(Nc2ccc(SOOO)cc2C(=O)O)n1. The summed E-state index contributed by atoms with van der Waals surface area (Å²) < 4.78 is 36.4. The highest BCUT2D eigenvalue weighted by atomic mass is 32.2. The Labute approximate surface area is 203 Å². The zero-order valence-corrected chi connectivity index (χ0v) is 19.6. The van der Waals surface area contributed by atoms with Crippen LogP contribution in [0.4, 0.5) is 29.2 Å². The van der Waals surface area contributed by atoms with Gasteiger partial charge in [0.25, 0.3) is 10.1 Å². The molecule has 186 valence electrons. The van der Waals surface area contributed by atoms with Crippen LogP contribution in [0.5, 0.6) is 0 Å². The number of rotatable bonds is 12. The van der Waals surface area contributed by atoms with Gasteiger partial charge in [0.05, 0.1) is 28.2 Å². The molecule has 35 heavy (non-hydrogen) atoms. The first kappa shape index (κ1) is 26.1. The molecule has 0 fully saturated rings. The van der Waals surface area contributed by atoms with Gasteiger partial charge in [-0.2, -0.15) is 23.4 Å². The minimum absolute atomic E-state index is 0.00937. The number of carbonyl (C=O) groups is 1. The van der Waals surface area contributed by atoms with Gasteiger partial charge < -0.3 is 21.1 Å². The van der Waals surface area contributed by atoms with Crippen molar-refractivity contribution in [3.63, 3.8) is 0 Å². The second-order valence-corrected chi connectivity index (χ2v) is 8.92. The number of carboxylic acids is 1. The molecule has 1 heterocycles. The number of aromatic carboxylic acids is 1. The molecule has 0 aliphatic carbocycles. The summed E-state index contributed by atoms with van der Waals surface area (Å²) in [5, 5.41) is 30.0. The average molecular weight is 525 g/mol. The zero-order chi connectivity index (χ0) is 25.4. The van der Waals surface area contributed by atoms with E-state index in [2.05, 4.69) is 40.3 Å². The van der Waals surface area contributed by atoms with E-state index in [9.17, 15) is 22.9 Å². The Hall–Kier alpha value is -3.54. The quantitative estimate of drug-likeness (QED) is 0.0867. The molecule has 0 amide bonds. The maximum Gasteiger partial charge on any atom is 0.337 e. The van der Waals surface area contributed by atoms with Gasteiger partial charge in [-0.1, -0.05) is 18.0 Å². The number of anilines is 5. The molecule has 0 spiro atoms. The van der Waals surface area contributed by atoms with Crippen molar-refractivity contribution < 1.29 is 37.5 Å². The number of hydrogen-bond donors (Lipinski definition) is 6. The van der Waals surface area contributed by atoms with Crippen molar-refractivity contribution in [2.24, 2.45) is 0 Å². The molecule has 14 nitrogen and oxygen atoms in total. The lowest BCUT2D eigenvalue weighted by Gasteiger charge is -2.13. The highest BCUT2D eigenvalue weighted by Crippen LogP contribution is 2.28. The summed E-state index contributed by atoms with van der Waals surface area (Å²) in [6.07, 6.45) is 0.773. The molecule has 1 aromatic heterocycles. The normalized spacial score (nSPS) is 11.2. The number of nitrogens with zero attached hydrogens (tertiary/aromatic N) is 3. The van der Waals surface area contributed by atoms with E-state index in [1.54, 1.807) is 6.07 Å². The van der Waals surface area contributed by atoms with E-state index in [4.69, 9.17) is 5.26 Å². The highest BCUT2D eigenvalue weighted by Gasteiger charge is 2.16. The Morgan fingerprint density at radius 2 is 1.77 bits per heavy atom. The summed E-state index contributed by atoms with van der Waals surface area (Å²) >= 11 is 0.600. The molecule has 16 heteroatoms. The molecular weight excluding hydrogens is 504 g/mol. The number of carboxylic acid groups (broad SMARTS) is 1. The Balaban J connectivity index is 1.94. The fourth-order valence-corrected chi connectivity index (χ4v) is 3.63. The number of benzene rings is 2. The first-order valence-corrected chi connectivity index (χ1v) is 12.0. The van der Waals surface area contributed by atoms with Crippen molar-refractivity contribution in [3.8, 4) is 0 Å². The molecule has 0 radical (unpaired) electrons. The minimum Gasteiger partial charge on any atom is -0.478 e. The van der Waals surface area contributed by atoms with Crippen molar-refractivity contribution in [1.82, 2.24) is 15.0 Å². The van der Waals surface area contributed by atoms with Gasteiger partial charge in [-0.15, -0.1) is 4.33 Å². The Kier molecular flexibility index (Phi) is 8.74. The molecule has 0 aliphatic heterocycles. The van der Waals surface area contributed by atoms with Gasteiger partial charge in [0.2, 0.25) is 17.8 Å². The van der Waals surface area contributed by atoms with E-state index < -0.39 is 16.1 Å². The third-order valence-corrected chi connectivity index (χ3v) is 5.61. The van der Waals surface area contributed by atoms with Crippen LogP contribution >= 0.6 is 12.0 Å². The monoisotopic (exact) mass is 524 g/mol. The Bertz CT molecular complexity index is 1310. The van der Waals surface area contributed by atoms with E-state index >= 15 is 0 Å². The molecule has 0 saturated carbocycles. The van der Waals surface area contributed by atoms with Gasteiger partial charge in [0.15, 0.2) is 0 Å². The number of aromatic nitrogens is 3. The van der Waals surface area contributed by atoms with E-state index in [0.29, 0.717) is 23.5 Å². The second-order valence-electron chi connectivity index (χ2n) is 6.72. The highest BCUT2D eigenvalue weighted by molar-refractivity contribution is 7.94. The van der Waals surface area contributed by atoms with Crippen molar-refractivity contribution in [2.45, 2.75) is 23.1 Å². The molecule has 2 aromatic carbocycles. The predicted molar refractivity (Wildman–Crippen MR) is 125 cm³/mol. The fraction of sp³-hybridized carbons (Fsp3) is 0.158. The molecule has 0 saturated heterocycles. The maximum absolute atomic E-state index is 11.7. The molecule has 3 rings (SSSR count). The van der Waals surface area contributed by atoms with Gasteiger partial charge >= 0.3 is 5.97 Å². The summed E-state index contributed by atoms with van der Waals surface area (Å²) in [6, 6.07) is 9.62. The molecule has 0 atom stereocenters. The molecule has 0 aliphatic rings. The van der Waals surface area contributed by atoms with Gasteiger partial charge in [0, 0.05) is 17.1 Å². The number of hydrogen-bond acceptors (Lipinski definition) is 13. The summed E-state index contributed by atoms with van der Waals surface area (Å²) in [7, 11) is -4.41. The average Bonchev–Trinajstić information content (AvgIpc) is 2.81. The summed E-state index contributed by atoms with van der Waals surface area (Å²) in [5.41, 5.74) is 0.284. The molecule has 6 N–H and O–H groups in total. The summed E-state index contributed by atoms with van der Waals surface area (Å²) in [5.74, 6) is -1.06. The Morgan fingerprint density at radius 1 is 1.06 bits per heavy atom. The van der Waals surface area contributed by atoms with E-state index in [1.807, 2.05) is 6.92 Å². The van der Waals surface area contributed by atoms with Crippen LogP contribution in [-0.2, 0) is 19.5 Å². The summed E-state index contributed by atoms with van der Waals surface area (Å²) in [6.45, 7) is 2.48. The molecule has 0 bridgehead atoms. The third kappa shape index (κ3) is 7.47. The van der Waals surface area contributed by atoms with E-state index in [1.165, 1.54) is 36.4 Å². The topological polar surface area (TPSA) is 205 Å². The van der Waals surface area contributed by atoms with E-state index in [-0.39, 0.29) is 39.7 Å². The van der Waals surface area contributed by atoms with Crippen LogP contribution in [0, 0.1) is 0 Å². The predicted octanol–water partition coefficient (Wildman–Crippen LogP) is 3.55. The van der Waals surface area contributed by atoms with Crippen LogP contribution in [0.2, 0.25) is 0 Å². The van der Waals surface area contributed by atoms with Crippen LogP contribution in [0.3, 0.4) is 0 Å². The zero-order valence-electron chi connectivity index (χ0n) is 18.0. The first-order chi connectivity index (χ1) is 16.7. The summed E-state index contributed by atoms with van der Waals surface area (Å²) in [4.78, 5) is 24.5. The smallest absolute Gasteiger partial charge is 0.337 e. The van der Waals surface area contributed by atoms with Crippen molar-refractivity contribution in [2.75, 3.05) is 22.5 Å². The van der Waals surface area contributed by atoms with Crippen LogP contribution in [0.1, 0.15) is 23.7 Å². The van der Waals surface area contributed by atoms with Crippen LogP contribution in [0.15, 0.2) is 52.3 Å². The van der Waals surface area contributed by atoms with Crippen molar-refractivity contribution >= 4 is 57.3 Å². The maximum atomic E-state index is 11.7. The van der Waals surface area contributed by atoms with Crippen molar-refractivity contribution in [3.05, 3.63) is 48.0 Å². The fourth-order valence-electron chi connectivity index (χ4n) is 2.70. The van der Waals surface area contributed by atoms with Crippen LogP contribution < -0.4 is 16.0 Å². The van der Waals surface area contributed by atoms with Crippen LogP contribution in [-0.4, -0.2) is 50.8 Å². The first-order valence-electron chi connectivity index (χ1n) is 9.83. The molecular formula is C19H20N6O8S2. The Morgan fingerprint density at radius 3 is 2.43 bits per heavy atom. The second kappa shape index (κ2) is 11.7. The standard InChI is InChI=1S/C19H20N6O8S2/c1-2-8-20-17-23-18(21-11-4-3-5-13(9-11)35(29,30)31)25-19(24-17)22-15-7-6-12(34-33-32-28)10-14(15)16(26)27/h3-7,9-10,28H,2,8H2,1H3,(H,26,27)(H,29,30,31)(H3,20,21,22,23,24,25). The van der Waals surface area contributed by atoms with Crippen molar-refractivity contribution in [1.29, 1.82) is 0 Å². The van der Waals surface area contributed by atoms with Crippen LogP contribution in [0.25, 0.3) is 0 Å². The minimum atomic E-state index is -4.41. The third-order valence-electron chi connectivity index (χ3n) is 4.19. The molecule has 3 aromatic rings. The number of nitrogens with one attached hydrogen (secondary N) is 3. The van der Waals surface area contributed by atoms with E-state index in [0.717, 1.165) is 6.42 Å².